The summed E-state index contributed by atoms with van der Waals surface area (Å²) in [6.07, 6.45) is -0.113. The summed E-state index contributed by atoms with van der Waals surface area (Å²) in [4.78, 5) is 13.9. The number of benzene rings is 3. The molecule has 5 aromatic rings. The molecule has 14 nitrogen and oxygen atoms in total. The van der Waals surface area contributed by atoms with Crippen LogP contribution in [-0.4, -0.2) is 66.5 Å². The van der Waals surface area contributed by atoms with Gasteiger partial charge in [-0.15, -0.1) is 0 Å². The van der Waals surface area contributed by atoms with Gasteiger partial charge in [-0.3, -0.25) is 4.79 Å². The van der Waals surface area contributed by atoms with Crippen molar-refractivity contribution in [1.82, 2.24) is 10.2 Å². The van der Waals surface area contributed by atoms with Crippen molar-refractivity contribution < 1.29 is 49.9 Å². The molecule has 5 rings (SSSR count). The van der Waals surface area contributed by atoms with Gasteiger partial charge in [0.15, 0.2) is 17.3 Å². The van der Waals surface area contributed by atoms with E-state index in [1.54, 1.807) is 36.4 Å². The first-order valence-electron chi connectivity index (χ1n) is 13.9. The van der Waals surface area contributed by atoms with Crippen LogP contribution in [0.1, 0.15) is 6.42 Å². The highest BCUT2D eigenvalue weighted by Crippen LogP contribution is 2.44. The Morgan fingerprint density at radius 3 is 2.12 bits per heavy atom. The van der Waals surface area contributed by atoms with E-state index in [0.29, 0.717) is 45.2 Å². The Morgan fingerprint density at radius 1 is 0.812 bits per heavy atom. The molecule has 0 N–H and O–H groups in total. The molecule has 0 atom stereocenters. The summed E-state index contributed by atoms with van der Waals surface area (Å²) in [7, 11) is 3.18. The lowest BCUT2D eigenvalue weighted by molar-refractivity contribution is 0.308. The second-order valence-electron chi connectivity index (χ2n) is 9.58. The van der Waals surface area contributed by atoms with Gasteiger partial charge in [-0.1, -0.05) is 37.9 Å². The Labute approximate surface area is 287 Å². The molecule has 254 valence electrons. The molecule has 0 amide bonds. The molecule has 2 heterocycles. The van der Waals surface area contributed by atoms with Crippen molar-refractivity contribution in [3.8, 4) is 51.9 Å². The van der Waals surface area contributed by atoms with Gasteiger partial charge in [-0.25, -0.2) is 0 Å². The van der Waals surface area contributed by atoms with Gasteiger partial charge in [-0.2, -0.15) is 8.42 Å². The lowest BCUT2D eigenvalue weighted by atomic mass is 10.1. The summed E-state index contributed by atoms with van der Waals surface area (Å²) in [6, 6.07) is 12.3. The van der Waals surface area contributed by atoms with E-state index in [1.807, 2.05) is 0 Å². The van der Waals surface area contributed by atoms with Gasteiger partial charge in [0.05, 0.1) is 42.2 Å². The molecule has 0 bridgehead atoms. The maximum atomic E-state index is 14.0. The van der Waals surface area contributed by atoms with Gasteiger partial charge in [0.25, 0.3) is 5.22 Å². The number of methoxy groups -OCH3 is 5. The monoisotopic (exact) mass is 764 g/mol. The highest BCUT2D eigenvalue weighted by Gasteiger charge is 2.25. The standard InChI is InChI=1S/C31H29BrN2O12S2/c1-38-19-15-21(39-2)25-22(16-19)44-27(17-13-23(40-3)28(42-5)24(14-17)41-4)29(26(25)35)43-11-6-12-47-31-34-33-30(45-31)46-48(36,37)20-9-7-18(32)8-10-20/h7-10,13-16H,6,11-12H2,1-5H3. The van der Waals surface area contributed by atoms with E-state index in [9.17, 15) is 13.2 Å². The third-order valence-corrected chi connectivity index (χ3v) is 9.35. The quantitative estimate of drug-likeness (QED) is 0.0693. The summed E-state index contributed by atoms with van der Waals surface area (Å²) in [6.45, 7) is 0.0780. The first kappa shape index (κ1) is 34.7. The molecule has 0 aliphatic heterocycles. The van der Waals surface area contributed by atoms with Crippen molar-refractivity contribution in [3.05, 3.63) is 63.2 Å². The van der Waals surface area contributed by atoms with Crippen LogP contribution >= 0.6 is 27.7 Å². The predicted molar refractivity (Wildman–Crippen MR) is 178 cm³/mol. The van der Waals surface area contributed by atoms with Crippen LogP contribution in [0, 0.1) is 0 Å². The molecule has 0 fully saturated rings. The molecule has 3 aromatic carbocycles. The number of nitrogens with zero attached hydrogens (tertiary/aromatic N) is 2. The van der Waals surface area contributed by atoms with Crippen LogP contribution in [0.25, 0.3) is 22.3 Å². The zero-order valence-electron chi connectivity index (χ0n) is 26.2. The fourth-order valence-electron chi connectivity index (χ4n) is 4.48. The topological polar surface area (TPSA) is 168 Å². The predicted octanol–water partition coefficient (Wildman–Crippen LogP) is 5.98. The lowest BCUT2D eigenvalue weighted by Crippen LogP contribution is -2.12. The van der Waals surface area contributed by atoms with Crippen molar-refractivity contribution >= 4 is 48.8 Å². The van der Waals surface area contributed by atoms with E-state index in [-0.39, 0.29) is 45.0 Å². The fraction of sp³-hybridized carbons (Fsp3) is 0.258. The van der Waals surface area contributed by atoms with E-state index in [1.165, 1.54) is 47.7 Å². The Balaban J connectivity index is 1.36. The number of ether oxygens (including phenoxy) is 6. The van der Waals surface area contributed by atoms with E-state index in [2.05, 4.69) is 26.1 Å². The summed E-state index contributed by atoms with van der Waals surface area (Å²) < 4.78 is 75.7. The minimum Gasteiger partial charge on any atom is -0.496 e. The van der Waals surface area contributed by atoms with Crippen LogP contribution in [0.3, 0.4) is 0 Å². The zero-order chi connectivity index (χ0) is 34.4. The highest BCUT2D eigenvalue weighted by molar-refractivity contribution is 9.10. The molecular weight excluding hydrogens is 736 g/mol. The minimum absolute atomic E-state index is 0.0723. The number of halogens is 1. The van der Waals surface area contributed by atoms with E-state index >= 15 is 0 Å². The van der Waals surface area contributed by atoms with Gasteiger partial charge in [-0.05, 0) is 42.8 Å². The van der Waals surface area contributed by atoms with Gasteiger partial charge >= 0.3 is 16.2 Å². The first-order chi connectivity index (χ1) is 23.1. The molecule has 0 radical (unpaired) electrons. The zero-order valence-corrected chi connectivity index (χ0v) is 29.4. The van der Waals surface area contributed by atoms with Gasteiger partial charge in [0.1, 0.15) is 27.4 Å². The Bertz CT molecular complexity index is 2060. The number of hydrogen-bond acceptors (Lipinski definition) is 15. The smallest absolute Gasteiger partial charge is 0.431 e. The fourth-order valence-corrected chi connectivity index (χ4v) is 6.23. The van der Waals surface area contributed by atoms with Gasteiger partial charge in [0.2, 0.25) is 16.9 Å². The first-order valence-corrected chi connectivity index (χ1v) is 17.1. The van der Waals surface area contributed by atoms with Crippen molar-refractivity contribution in [3.63, 3.8) is 0 Å². The summed E-state index contributed by atoms with van der Waals surface area (Å²) in [5, 5.41) is 7.74. The molecule has 17 heteroatoms. The average Bonchev–Trinajstić information content (AvgIpc) is 3.53. The molecule has 48 heavy (non-hydrogen) atoms. The van der Waals surface area contributed by atoms with Crippen molar-refractivity contribution in [2.24, 2.45) is 0 Å². The Morgan fingerprint density at radius 2 is 1.50 bits per heavy atom. The van der Waals surface area contributed by atoms with Crippen LogP contribution in [0.2, 0.25) is 0 Å². The molecule has 2 aromatic heterocycles. The molecule has 0 saturated carbocycles. The molecule has 0 spiro atoms. The van der Waals surface area contributed by atoms with Gasteiger partial charge < -0.3 is 41.4 Å². The molecule has 0 saturated heterocycles. The lowest BCUT2D eigenvalue weighted by Gasteiger charge is -2.16. The van der Waals surface area contributed by atoms with Crippen molar-refractivity contribution in [1.29, 1.82) is 0 Å². The van der Waals surface area contributed by atoms with Crippen molar-refractivity contribution in [2.75, 3.05) is 47.9 Å². The third kappa shape index (κ3) is 7.42. The summed E-state index contributed by atoms with van der Waals surface area (Å²) >= 11 is 4.40. The van der Waals surface area contributed by atoms with Crippen LogP contribution < -0.4 is 38.0 Å². The number of thioether (sulfide) groups is 1. The average molecular weight is 766 g/mol. The van der Waals surface area contributed by atoms with Crippen LogP contribution in [0.5, 0.6) is 40.6 Å². The van der Waals surface area contributed by atoms with Gasteiger partial charge in [0, 0.05) is 27.9 Å². The number of fused-ring (bicyclic) bond motifs is 1. The maximum Gasteiger partial charge on any atom is 0.431 e. The number of rotatable bonds is 15. The SMILES string of the molecule is COc1cc(OC)c2c(=O)c(OCCCSc3nnc(OS(=O)(=O)c4ccc(Br)cc4)o3)c(-c3cc(OC)c(OC)c(OC)c3)oc2c1. The number of hydrogen-bond donors (Lipinski definition) is 0. The second-order valence-corrected chi connectivity index (χ2v) is 13.1. The third-order valence-electron chi connectivity index (χ3n) is 6.71. The Kier molecular flexibility index (Phi) is 10.9. The maximum absolute atomic E-state index is 14.0. The second kappa shape index (κ2) is 15.1. The number of aromatic nitrogens is 2. The van der Waals surface area contributed by atoms with Crippen LogP contribution in [-0.2, 0) is 10.1 Å². The van der Waals surface area contributed by atoms with Crippen molar-refractivity contribution in [2.45, 2.75) is 16.5 Å². The summed E-state index contributed by atoms with van der Waals surface area (Å²) in [5.41, 5.74) is 0.156. The molecular formula is C31H29BrN2O12S2. The minimum atomic E-state index is -4.17. The van der Waals surface area contributed by atoms with E-state index in [4.69, 9.17) is 41.4 Å². The highest BCUT2D eigenvalue weighted by atomic mass is 79.9. The molecule has 0 aliphatic carbocycles. The van der Waals surface area contributed by atoms with E-state index in [0.717, 1.165) is 11.8 Å². The van der Waals surface area contributed by atoms with Crippen LogP contribution in [0.4, 0.5) is 0 Å². The Hall–Kier alpha value is -4.61. The molecule has 0 aliphatic rings. The van der Waals surface area contributed by atoms with E-state index < -0.39 is 21.6 Å². The van der Waals surface area contributed by atoms with Crippen LogP contribution in [0.15, 0.2) is 76.8 Å². The largest absolute Gasteiger partial charge is 0.496 e. The molecule has 0 unspecified atom stereocenters. The normalized spacial score (nSPS) is 11.3. The summed E-state index contributed by atoms with van der Waals surface area (Å²) in [5.74, 6) is 2.14.